The van der Waals surface area contributed by atoms with Crippen molar-refractivity contribution in [2.24, 2.45) is 0 Å². The lowest BCUT2D eigenvalue weighted by molar-refractivity contribution is 0.0949. The highest BCUT2D eigenvalue weighted by Crippen LogP contribution is 2.21. The van der Waals surface area contributed by atoms with E-state index in [1.807, 2.05) is 17.5 Å². The summed E-state index contributed by atoms with van der Waals surface area (Å²) in [5.41, 5.74) is 2.69. The van der Waals surface area contributed by atoms with Crippen molar-refractivity contribution in [2.75, 3.05) is 5.32 Å². The number of thiazole rings is 1. The van der Waals surface area contributed by atoms with Crippen molar-refractivity contribution in [3.63, 3.8) is 0 Å². The number of hydrogen-bond donors (Lipinski definition) is 2. The van der Waals surface area contributed by atoms with Gasteiger partial charge in [-0.3, -0.25) is 9.59 Å². The number of carbonyl (C=O) groups excluding carboxylic acids is 2. The summed E-state index contributed by atoms with van der Waals surface area (Å²) in [5, 5.41) is 8.99. The number of carbonyl (C=O) groups is 2. The zero-order chi connectivity index (χ0) is 18.5. The van der Waals surface area contributed by atoms with E-state index in [0.29, 0.717) is 27.8 Å². The van der Waals surface area contributed by atoms with E-state index in [9.17, 15) is 9.59 Å². The fraction of sp³-hybridized carbons (Fsp3) is 0.105. The van der Waals surface area contributed by atoms with E-state index in [1.165, 1.54) is 18.3 Å². The first-order chi connectivity index (χ1) is 12.5. The number of ketones is 1. The Morgan fingerprint density at radius 3 is 2.54 bits per heavy atom. The molecule has 3 aromatic rings. The third-order valence-corrected chi connectivity index (χ3v) is 4.78. The molecule has 0 radical (unpaired) electrons. The summed E-state index contributed by atoms with van der Waals surface area (Å²) in [6.45, 7) is 1.85. The third-order valence-electron chi connectivity index (χ3n) is 3.64. The average molecular weight is 386 g/mol. The Kier molecular flexibility index (Phi) is 5.65. The summed E-state index contributed by atoms with van der Waals surface area (Å²) >= 11 is 7.46. The Balaban J connectivity index is 1.58. The van der Waals surface area contributed by atoms with E-state index in [4.69, 9.17) is 11.6 Å². The molecule has 0 aliphatic carbocycles. The number of Topliss-reactive ketones (excluding diaryl/α,β-unsaturated/α-hetero) is 1. The van der Waals surface area contributed by atoms with Crippen molar-refractivity contribution >= 4 is 45.4 Å². The van der Waals surface area contributed by atoms with E-state index in [2.05, 4.69) is 15.6 Å². The van der Waals surface area contributed by atoms with E-state index in [0.717, 1.165) is 11.4 Å². The van der Waals surface area contributed by atoms with Crippen LogP contribution in [0.3, 0.4) is 0 Å². The van der Waals surface area contributed by atoms with Crippen LogP contribution in [0.5, 0.6) is 0 Å². The first-order valence-electron chi connectivity index (χ1n) is 7.88. The number of amides is 1. The molecule has 0 saturated carbocycles. The number of nitrogens with zero attached hydrogens (tertiary/aromatic N) is 1. The van der Waals surface area contributed by atoms with Gasteiger partial charge in [0.05, 0.1) is 22.8 Å². The molecule has 2 aromatic carbocycles. The van der Waals surface area contributed by atoms with Crippen LogP contribution in [0.4, 0.5) is 10.8 Å². The van der Waals surface area contributed by atoms with Gasteiger partial charge in [-0.15, -0.1) is 11.3 Å². The van der Waals surface area contributed by atoms with Gasteiger partial charge in [-0.2, -0.15) is 0 Å². The van der Waals surface area contributed by atoms with Crippen LogP contribution in [0.25, 0.3) is 0 Å². The summed E-state index contributed by atoms with van der Waals surface area (Å²) in [4.78, 5) is 27.9. The quantitative estimate of drug-likeness (QED) is 0.605. The molecule has 26 heavy (non-hydrogen) atoms. The lowest BCUT2D eigenvalue weighted by Crippen LogP contribution is -2.23. The van der Waals surface area contributed by atoms with Crippen molar-refractivity contribution in [2.45, 2.75) is 13.5 Å². The van der Waals surface area contributed by atoms with Crippen LogP contribution in [-0.2, 0) is 6.54 Å². The van der Waals surface area contributed by atoms with Crippen LogP contribution in [0, 0.1) is 0 Å². The van der Waals surface area contributed by atoms with Crippen molar-refractivity contribution in [3.8, 4) is 0 Å². The van der Waals surface area contributed by atoms with Gasteiger partial charge in [-0.25, -0.2) is 4.98 Å². The molecule has 2 N–H and O–H groups in total. The monoisotopic (exact) mass is 385 g/mol. The highest BCUT2D eigenvalue weighted by molar-refractivity contribution is 7.13. The highest BCUT2D eigenvalue weighted by atomic mass is 35.5. The molecule has 1 heterocycles. The topological polar surface area (TPSA) is 71.1 Å². The van der Waals surface area contributed by atoms with Gasteiger partial charge in [0.25, 0.3) is 5.91 Å². The van der Waals surface area contributed by atoms with Gasteiger partial charge >= 0.3 is 0 Å². The minimum absolute atomic E-state index is 0.0299. The van der Waals surface area contributed by atoms with Gasteiger partial charge < -0.3 is 10.6 Å². The summed E-state index contributed by atoms with van der Waals surface area (Å²) < 4.78 is 0. The number of benzene rings is 2. The maximum absolute atomic E-state index is 12.2. The minimum Gasteiger partial charge on any atom is -0.346 e. The number of nitrogens with one attached hydrogen (secondary N) is 2. The first-order valence-corrected chi connectivity index (χ1v) is 9.14. The van der Waals surface area contributed by atoms with Crippen molar-refractivity contribution in [1.29, 1.82) is 0 Å². The standard InChI is InChI=1S/C19H16ClN3O2S/c1-12(24)13-6-8-14(9-7-13)22-19-23-15(11-26-19)10-21-18(25)16-4-2-3-5-17(16)20/h2-9,11H,10H2,1H3,(H,21,25)(H,22,23). The Morgan fingerprint density at radius 2 is 1.85 bits per heavy atom. The van der Waals surface area contributed by atoms with E-state index >= 15 is 0 Å². The lowest BCUT2D eigenvalue weighted by atomic mass is 10.1. The summed E-state index contributed by atoms with van der Waals surface area (Å²) in [5.74, 6) is -0.208. The average Bonchev–Trinajstić information content (AvgIpc) is 3.08. The number of anilines is 2. The zero-order valence-corrected chi connectivity index (χ0v) is 15.5. The molecular formula is C19H16ClN3O2S. The minimum atomic E-state index is -0.238. The maximum Gasteiger partial charge on any atom is 0.253 e. The van der Waals surface area contributed by atoms with Crippen LogP contribution >= 0.6 is 22.9 Å². The number of aromatic nitrogens is 1. The molecule has 0 spiro atoms. The fourth-order valence-electron chi connectivity index (χ4n) is 2.27. The predicted molar refractivity (Wildman–Crippen MR) is 104 cm³/mol. The van der Waals surface area contributed by atoms with Crippen LogP contribution in [-0.4, -0.2) is 16.7 Å². The second kappa shape index (κ2) is 8.12. The van der Waals surface area contributed by atoms with Gasteiger partial charge in [0.1, 0.15) is 0 Å². The van der Waals surface area contributed by atoms with Crippen LogP contribution in [0.15, 0.2) is 53.9 Å². The molecule has 0 atom stereocenters. The molecular weight excluding hydrogens is 370 g/mol. The zero-order valence-electron chi connectivity index (χ0n) is 14.0. The van der Waals surface area contributed by atoms with Gasteiger partial charge in [-0.1, -0.05) is 23.7 Å². The summed E-state index contributed by atoms with van der Waals surface area (Å²) in [6.07, 6.45) is 0. The normalized spacial score (nSPS) is 10.4. The molecule has 132 valence electrons. The van der Waals surface area contributed by atoms with Gasteiger partial charge in [0, 0.05) is 16.6 Å². The molecule has 0 bridgehead atoms. The molecule has 1 aromatic heterocycles. The van der Waals surface area contributed by atoms with Gasteiger partial charge in [0.15, 0.2) is 10.9 Å². The highest BCUT2D eigenvalue weighted by Gasteiger charge is 2.10. The van der Waals surface area contributed by atoms with E-state index in [-0.39, 0.29) is 11.7 Å². The molecule has 7 heteroatoms. The molecule has 0 saturated heterocycles. The predicted octanol–water partition coefficient (Wildman–Crippen LogP) is 4.67. The van der Waals surface area contributed by atoms with Gasteiger partial charge in [-0.05, 0) is 43.3 Å². The molecule has 5 nitrogen and oxygen atoms in total. The Bertz CT molecular complexity index is 938. The smallest absolute Gasteiger partial charge is 0.253 e. The van der Waals surface area contributed by atoms with Crippen molar-refractivity contribution < 1.29 is 9.59 Å². The van der Waals surface area contributed by atoms with Gasteiger partial charge in [0.2, 0.25) is 0 Å². The van der Waals surface area contributed by atoms with Crippen LogP contribution in [0.1, 0.15) is 33.3 Å². The summed E-state index contributed by atoms with van der Waals surface area (Å²) in [7, 11) is 0. The number of halogens is 1. The largest absolute Gasteiger partial charge is 0.346 e. The molecule has 0 fully saturated rings. The fourth-order valence-corrected chi connectivity index (χ4v) is 3.22. The molecule has 3 rings (SSSR count). The number of hydrogen-bond acceptors (Lipinski definition) is 5. The third kappa shape index (κ3) is 4.47. The lowest BCUT2D eigenvalue weighted by Gasteiger charge is -2.05. The molecule has 1 amide bonds. The Morgan fingerprint density at radius 1 is 1.12 bits per heavy atom. The number of rotatable bonds is 6. The Labute approximate surface area is 160 Å². The maximum atomic E-state index is 12.2. The van der Waals surface area contributed by atoms with Crippen molar-refractivity contribution in [3.05, 3.63) is 75.8 Å². The van der Waals surface area contributed by atoms with Crippen LogP contribution < -0.4 is 10.6 Å². The molecule has 0 aliphatic heterocycles. The van der Waals surface area contributed by atoms with Crippen LogP contribution in [0.2, 0.25) is 5.02 Å². The second-order valence-corrected chi connectivity index (χ2v) is 6.83. The van der Waals surface area contributed by atoms with E-state index < -0.39 is 0 Å². The van der Waals surface area contributed by atoms with E-state index in [1.54, 1.807) is 36.4 Å². The second-order valence-electron chi connectivity index (χ2n) is 5.57. The van der Waals surface area contributed by atoms with Crippen molar-refractivity contribution in [1.82, 2.24) is 10.3 Å². The SMILES string of the molecule is CC(=O)c1ccc(Nc2nc(CNC(=O)c3ccccc3Cl)cs2)cc1. The first kappa shape index (κ1) is 18.1. The molecule has 0 aliphatic rings. The molecule has 0 unspecified atom stereocenters. The Hall–Kier alpha value is -2.70. The summed E-state index contributed by atoms with van der Waals surface area (Å²) in [6, 6.07) is 14.1.